The summed E-state index contributed by atoms with van der Waals surface area (Å²) < 4.78 is 16.9. The monoisotopic (exact) mass is 877 g/mol. The molecule has 0 spiro atoms. The Morgan fingerprint density at radius 2 is 0.532 bits per heavy atom. The van der Waals surface area contributed by atoms with Gasteiger partial charge in [0.25, 0.3) is 0 Å². The van der Waals surface area contributed by atoms with E-state index in [-0.39, 0.29) is 31.1 Å². The minimum absolute atomic E-state index is 0.0626. The van der Waals surface area contributed by atoms with Crippen LogP contribution in [-0.2, 0) is 28.6 Å². The van der Waals surface area contributed by atoms with Crippen LogP contribution in [0.4, 0.5) is 0 Å². The zero-order valence-corrected chi connectivity index (χ0v) is 42.3. The average Bonchev–Trinajstić information content (AvgIpc) is 3.26. The van der Waals surface area contributed by atoms with Crippen LogP contribution in [0.2, 0.25) is 0 Å². The molecule has 0 aromatic carbocycles. The van der Waals surface area contributed by atoms with Crippen molar-refractivity contribution in [3.8, 4) is 0 Å². The molecule has 0 aliphatic carbocycles. The van der Waals surface area contributed by atoms with Gasteiger partial charge in [-0.3, -0.25) is 14.4 Å². The summed E-state index contributed by atoms with van der Waals surface area (Å²) in [4.78, 5) is 38.0. The van der Waals surface area contributed by atoms with Crippen molar-refractivity contribution in [1.29, 1.82) is 0 Å². The predicted molar refractivity (Wildman–Crippen MR) is 266 cm³/mol. The Hall–Kier alpha value is -1.59. The molecule has 0 N–H and O–H groups in total. The molecule has 0 aromatic rings. The minimum atomic E-state index is -0.761. The number of esters is 3. The maximum absolute atomic E-state index is 12.8. The summed E-state index contributed by atoms with van der Waals surface area (Å²) in [6.45, 7) is 9.01. The molecule has 0 bridgehead atoms. The normalized spacial score (nSPS) is 12.0. The number of hydrogen-bond acceptors (Lipinski definition) is 6. The highest BCUT2D eigenvalue weighted by Crippen LogP contribution is 2.18. The van der Waals surface area contributed by atoms with Crippen molar-refractivity contribution in [3.63, 3.8) is 0 Å². The van der Waals surface area contributed by atoms with Crippen molar-refractivity contribution in [1.82, 2.24) is 0 Å². The van der Waals surface area contributed by atoms with Gasteiger partial charge in [0.15, 0.2) is 6.10 Å². The zero-order chi connectivity index (χ0) is 45.2. The topological polar surface area (TPSA) is 78.9 Å². The summed E-state index contributed by atoms with van der Waals surface area (Å²) >= 11 is 0. The van der Waals surface area contributed by atoms with Crippen molar-refractivity contribution < 1.29 is 28.6 Å². The lowest BCUT2D eigenvalue weighted by atomic mass is 10.0. The molecule has 0 heterocycles. The Morgan fingerprint density at radius 3 is 0.790 bits per heavy atom. The standard InChI is InChI=1S/C56H108O6/c1-5-7-9-11-13-15-17-19-21-23-25-26-28-30-35-39-43-47-54(57)60-50-53(51-61-55(58)48-44-40-36-33-32-34-38-42-46-52(3)4)62-56(59)49-45-41-37-31-29-27-24-22-20-18-16-14-12-10-8-6-2/h52-53H,5-51H2,1-4H3/t53-/m1/s1. The van der Waals surface area contributed by atoms with Crippen LogP contribution in [0.5, 0.6) is 0 Å². The van der Waals surface area contributed by atoms with Gasteiger partial charge in [-0.25, -0.2) is 0 Å². The molecule has 62 heavy (non-hydrogen) atoms. The fraction of sp³-hybridized carbons (Fsp3) is 0.946. The Kier molecular flexibility index (Phi) is 49.1. The summed E-state index contributed by atoms with van der Waals surface area (Å²) in [5.74, 6) is -0.0442. The Balaban J connectivity index is 4.27. The van der Waals surface area contributed by atoms with Crippen LogP contribution in [-0.4, -0.2) is 37.2 Å². The molecule has 0 saturated carbocycles. The first-order valence-corrected chi connectivity index (χ1v) is 27.9. The molecule has 0 aromatic heterocycles. The van der Waals surface area contributed by atoms with E-state index in [0.717, 1.165) is 63.7 Å². The highest BCUT2D eigenvalue weighted by molar-refractivity contribution is 5.71. The first-order valence-electron chi connectivity index (χ1n) is 27.9. The summed E-state index contributed by atoms with van der Waals surface area (Å²) in [6, 6.07) is 0. The van der Waals surface area contributed by atoms with Gasteiger partial charge in [-0.1, -0.05) is 278 Å². The molecule has 0 aliphatic rings. The molecular weight excluding hydrogens is 769 g/mol. The molecule has 0 aliphatic heterocycles. The molecule has 0 unspecified atom stereocenters. The highest BCUT2D eigenvalue weighted by atomic mass is 16.6. The third-order valence-electron chi connectivity index (χ3n) is 12.8. The fourth-order valence-corrected chi connectivity index (χ4v) is 8.57. The van der Waals surface area contributed by atoms with Crippen LogP contribution < -0.4 is 0 Å². The Bertz CT molecular complexity index is 933. The molecular formula is C56H108O6. The van der Waals surface area contributed by atoms with Crippen molar-refractivity contribution in [2.45, 2.75) is 323 Å². The molecule has 0 rings (SSSR count). The van der Waals surface area contributed by atoms with Crippen LogP contribution in [0, 0.1) is 5.92 Å². The second kappa shape index (κ2) is 50.4. The summed E-state index contributed by atoms with van der Waals surface area (Å²) in [6.07, 6.45) is 53.8. The van der Waals surface area contributed by atoms with Gasteiger partial charge in [-0.05, 0) is 25.2 Å². The van der Waals surface area contributed by atoms with E-state index < -0.39 is 6.10 Å². The van der Waals surface area contributed by atoms with Crippen LogP contribution in [0.1, 0.15) is 317 Å². The fourth-order valence-electron chi connectivity index (χ4n) is 8.57. The molecule has 0 amide bonds. The van der Waals surface area contributed by atoms with Crippen LogP contribution in [0.3, 0.4) is 0 Å². The van der Waals surface area contributed by atoms with Crippen molar-refractivity contribution in [2.24, 2.45) is 5.92 Å². The van der Waals surface area contributed by atoms with Crippen molar-refractivity contribution in [2.75, 3.05) is 13.2 Å². The van der Waals surface area contributed by atoms with Gasteiger partial charge >= 0.3 is 17.9 Å². The molecule has 368 valence electrons. The van der Waals surface area contributed by atoms with Gasteiger partial charge < -0.3 is 14.2 Å². The van der Waals surface area contributed by atoms with Gasteiger partial charge in [-0.2, -0.15) is 0 Å². The summed E-state index contributed by atoms with van der Waals surface area (Å²) in [7, 11) is 0. The number of carbonyl (C=O) groups excluding carboxylic acids is 3. The number of hydrogen-bond donors (Lipinski definition) is 0. The van der Waals surface area contributed by atoms with Crippen LogP contribution >= 0.6 is 0 Å². The maximum Gasteiger partial charge on any atom is 0.306 e. The second-order valence-electron chi connectivity index (χ2n) is 19.7. The zero-order valence-electron chi connectivity index (χ0n) is 42.3. The van der Waals surface area contributed by atoms with Gasteiger partial charge in [0.1, 0.15) is 13.2 Å². The van der Waals surface area contributed by atoms with Crippen molar-refractivity contribution >= 4 is 17.9 Å². The van der Waals surface area contributed by atoms with E-state index in [2.05, 4.69) is 27.7 Å². The van der Waals surface area contributed by atoms with E-state index in [1.807, 2.05) is 0 Å². The third kappa shape index (κ3) is 49.4. The lowest BCUT2D eigenvalue weighted by Gasteiger charge is -2.18. The highest BCUT2D eigenvalue weighted by Gasteiger charge is 2.19. The number of rotatable bonds is 51. The Morgan fingerprint density at radius 1 is 0.306 bits per heavy atom. The van der Waals surface area contributed by atoms with Crippen LogP contribution in [0.15, 0.2) is 0 Å². The second-order valence-corrected chi connectivity index (χ2v) is 19.7. The van der Waals surface area contributed by atoms with Gasteiger partial charge in [0.2, 0.25) is 0 Å². The van der Waals surface area contributed by atoms with E-state index in [1.54, 1.807) is 0 Å². The van der Waals surface area contributed by atoms with E-state index in [4.69, 9.17) is 14.2 Å². The van der Waals surface area contributed by atoms with E-state index >= 15 is 0 Å². The third-order valence-corrected chi connectivity index (χ3v) is 12.8. The Labute approximate surface area is 387 Å². The lowest BCUT2D eigenvalue weighted by molar-refractivity contribution is -0.167. The molecule has 1 atom stereocenters. The van der Waals surface area contributed by atoms with E-state index in [0.29, 0.717) is 19.3 Å². The molecule has 0 radical (unpaired) electrons. The number of ether oxygens (including phenoxy) is 3. The minimum Gasteiger partial charge on any atom is -0.462 e. The molecule has 0 saturated heterocycles. The largest absolute Gasteiger partial charge is 0.462 e. The molecule has 0 fully saturated rings. The molecule has 6 heteroatoms. The van der Waals surface area contributed by atoms with Gasteiger partial charge in [-0.15, -0.1) is 0 Å². The van der Waals surface area contributed by atoms with Crippen LogP contribution in [0.25, 0.3) is 0 Å². The number of carbonyl (C=O) groups is 3. The number of unbranched alkanes of at least 4 members (excludes halogenated alkanes) is 38. The van der Waals surface area contributed by atoms with Gasteiger partial charge in [0.05, 0.1) is 0 Å². The quantitative estimate of drug-likeness (QED) is 0.0344. The van der Waals surface area contributed by atoms with Gasteiger partial charge in [0, 0.05) is 19.3 Å². The maximum atomic E-state index is 12.8. The lowest BCUT2D eigenvalue weighted by Crippen LogP contribution is -2.30. The van der Waals surface area contributed by atoms with Crippen molar-refractivity contribution in [3.05, 3.63) is 0 Å². The first-order chi connectivity index (χ1) is 30.4. The summed E-state index contributed by atoms with van der Waals surface area (Å²) in [5, 5.41) is 0. The summed E-state index contributed by atoms with van der Waals surface area (Å²) in [5.41, 5.74) is 0. The first kappa shape index (κ1) is 60.4. The molecule has 6 nitrogen and oxygen atoms in total. The van der Waals surface area contributed by atoms with E-state index in [1.165, 1.54) is 212 Å². The smallest absolute Gasteiger partial charge is 0.306 e. The van der Waals surface area contributed by atoms with E-state index in [9.17, 15) is 14.4 Å². The SMILES string of the molecule is CCCCCCCCCCCCCCCCCCCC(=O)OC[C@H](COC(=O)CCCCCCCCCCC(C)C)OC(=O)CCCCCCCCCCCCCCCCCC. The average molecular weight is 877 g/mol. The predicted octanol–water partition coefficient (Wildman–Crippen LogP) is 18.2.